The van der Waals surface area contributed by atoms with Gasteiger partial charge in [0.05, 0.1) is 11.0 Å². The normalized spacial score (nSPS) is 17.8. The molecule has 1 aromatic carbocycles. The Bertz CT molecular complexity index is 754. The highest BCUT2D eigenvalue weighted by Crippen LogP contribution is 2.31. The largest absolute Gasteiger partial charge is 0.464 e. The maximum Gasteiger partial charge on any atom is 0.322 e. The van der Waals surface area contributed by atoms with Crippen LogP contribution in [-0.4, -0.2) is 22.4 Å². The molecule has 1 aliphatic rings. The Hall–Kier alpha value is -2.83. The van der Waals surface area contributed by atoms with Crippen molar-refractivity contribution in [1.82, 2.24) is 4.90 Å². The average molecular weight is 343 g/mol. The lowest BCUT2D eigenvalue weighted by Gasteiger charge is -2.28. The number of aryl methyl sites for hydroxylation is 1. The molecule has 0 aliphatic carbocycles. The van der Waals surface area contributed by atoms with Crippen molar-refractivity contribution in [2.45, 2.75) is 38.6 Å². The van der Waals surface area contributed by atoms with E-state index in [-0.39, 0.29) is 17.8 Å². The van der Waals surface area contributed by atoms with Crippen LogP contribution in [0.4, 0.5) is 16.2 Å². The highest BCUT2D eigenvalue weighted by Gasteiger charge is 2.29. The van der Waals surface area contributed by atoms with Gasteiger partial charge in [-0.2, -0.15) is 0 Å². The average Bonchev–Trinajstić information content (AvgIpc) is 2.88. The number of nitrogens with one attached hydrogen (secondary N) is 1. The number of hydrogen-bond acceptors (Lipinski definition) is 4. The number of nitro groups is 1. The second-order valence-corrected chi connectivity index (χ2v) is 6.24. The summed E-state index contributed by atoms with van der Waals surface area (Å²) in [5.41, 5.74) is 0.533. The highest BCUT2D eigenvalue weighted by molar-refractivity contribution is 5.89. The number of benzene rings is 1. The monoisotopic (exact) mass is 343 g/mol. The Morgan fingerprint density at radius 2 is 1.96 bits per heavy atom. The molecule has 1 aromatic heterocycles. The minimum atomic E-state index is -0.463. The summed E-state index contributed by atoms with van der Waals surface area (Å²) >= 11 is 0. The maximum atomic E-state index is 12.8. The van der Waals surface area contributed by atoms with Gasteiger partial charge in [0, 0.05) is 24.4 Å². The molecular weight excluding hydrogens is 322 g/mol. The molecule has 1 saturated heterocycles. The van der Waals surface area contributed by atoms with Crippen LogP contribution >= 0.6 is 0 Å². The molecule has 3 rings (SSSR count). The van der Waals surface area contributed by atoms with Gasteiger partial charge in [-0.05, 0) is 44.0 Å². The number of carbonyl (C=O) groups is 1. The summed E-state index contributed by atoms with van der Waals surface area (Å²) in [6, 6.07) is 9.38. The van der Waals surface area contributed by atoms with Crippen molar-refractivity contribution in [2.24, 2.45) is 0 Å². The first-order valence-electron chi connectivity index (χ1n) is 8.43. The third-order valence-electron chi connectivity index (χ3n) is 4.43. The van der Waals surface area contributed by atoms with Crippen LogP contribution < -0.4 is 5.32 Å². The molecule has 0 unspecified atom stereocenters. The molecule has 1 fully saturated rings. The molecule has 0 saturated carbocycles. The molecule has 7 heteroatoms. The van der Waals surface area contributed by atoms with Gasteiger partial charge in [0.2, 0.25) is 0 Å². The van der Waals surface area contributed by atoms with Gasteiger partial charge in [-0.15, -0.1) is 0 Å². The lowest BCUT2D eigenvalue weighted by molar-refractivity contribution is -0.384. The van der Waals surface area contributed by atoms with E-state index in [1.165, 1.54) is 12.1 Å². The van der Waals surface area contributed by atoms with Crippen LogP contribution in [0.15, 0.2) is 40.8 Å². The van der Waals surface area contributed by atoms with Gasteiger partial charge >= 0.3 is 6.03 Å². The molecule has 2 heterocycles. The van der Waals surface area contributed by atoms with Crippen molar-refractivity contribution in [2.75, 3.05) is 11.9 Å². The van der Waals surface area contributed by atoms with Crippen molar-refractivity contribution >= 4 is 17.4 Å². The third-order valence-corrected chi connectivity index (χ3v) is 4.43. The van der Waals surface area contributed by atoms with Crippen molar-refractivity contribution < 1.29 is 14.1 Å². The Kier molecular flexibility index (Phi) is 5.02. The van der Waals surface area contributed by atoms with E-state index >= 15 is 0 Å². The Labute approximate surface area is 145 Å². The molecule has 0 spiro atoms. The zero-order chi connectivity index (χ0) is 17.8. The minimum absolute atomic E-state index is 0.00305. The predicted octanol–water partition coefficient (Wildman–Crippen LogP) is 4.65. The van der Waals surface area contributed by atoms with Gasteiger partial charge in [-0.25, -0.2) is 4.79 Å². The summed E-state index contributed by atoms with van der Waals surface area (Å²) in [4.78, 5) is 24.8. The first-order valence-corrected chi connectivity index (χ1v) is 8.43. The number of non-ortho nitro benzene ring substituents is 1. The quantitative estimate of drug-likeness (QED) is 0.649. The molecule has 132 valence electrons. The van der Waals surface area contributed by atoms with Crippen LogP contribution in [0.3, 0.4) is 0 Å². The second-order valence-electron chi connectivity index (χ2n) is 6.24. The summed E-state index contributed by atoms with van der Waals surface area (Å²) < 4.78 is 5.75. The fraction of sp³-hybridized carbons (Fsp3) is 0.389. The SMILES string of the molecule is Cc1ccc([C@H]2CCCCCN2C(=O)Nc2ccc([N+](=O)[O-])cc2)o1. The van der Waals surface area contributed by atoms with E-state index in [2.05, 4.69) is 5.32 Å². The smallest absolute Gasteiger partial charge is 0.322 e. The van der Waals surface area contributed by atoms with E-state index in [0.29, 0.717) is 12.2 Å². The van der Waals surface area contributed by atoms with Crippen LogP contribution in [0.1, 0.15) is 43.2 Å². The van der Waals surface area contributed by atoms with E-state index in [4.69, 9.17) is 4.42 Å². The van der Waals surface area contributed by atoms with E-state index < -0.39 is 4.92 Å². The molecule has 2 aromatic rings. The van der Waals surface area contributed by atoms with Crippen LogP contribution in [0.2, 0.25) is 0 Å². The van der Waals surface area contributed by atoms with E-state index in [0.717, 1.165) is 37.2 Å². The zero-order valence-corrected chi connectivity index (χ0v) is 14.1. The topological polar surface area (TPSA) is 88.6 Å². The fourth-order valence-electron chi connectivity index (χ4n) is 3.14. The summed E-state index contributed by atoms with van der Waals surface area (Å²) in [7, 11) is 0. The van der Waals surface area contributed by atoms with Crippen molar-refractivity contribution in [3.63, 3.8) is 0 Å². The Balaban J connectivity index is 1.76. The number of likely N-dealkylation sites (tertiary alicyclic amines) is 1. The maximum absolute atomic E-state index is 12.8. The molecule has 0 radical (unpaired) electrons. The number of urea groups is 1. The summed E-state index contributed by atoms with van der Waals surface area (Å²) in [5.74, 6) is 1.63. The van der Waals surface area contributed by atoms with Gasteiger partial charge in [0.1, 0.15) is 11.5 Å². The molecule has 25 heavy (non-hydrogen) atoms. The van der Waals surface area contributed by atoms with Gasteiger partial charge in [0.25, 0.3) is 5.69 Å². The Morgan fingerprint density at radius 3 is 2.60 bits per heavy atom. The first kappa shape index (κ1) is 17.0. The van der Waals surface area contributed by atoms with E-state index in [1.54, 1.807) is 17.0 Å². The van der Waals surface area contributed by atoms with Crippen molar-refractivity contribution in [3.8, 4) is 0 Å². The third kappa shape index (κ3) is 3.99. The number of anilines is 1. The summed E-state index contributed by atoms with van der Waals surface area (Å²) in [5, 5.41) is 13.6. The predicted molar refractivity (Wildman–Crippen MR) is 93.5 cm³/mol. The van der Waals surface area contributed by atoms with Crippen LogP contribution in [-0.2, 0) is 0 Å². The lowest BCUT2D eigenvalue weighted by Crippen LogP contribution is -2.37. The lowest BCUT2D eigenvalue weighted by atomic mass is 10.1. The molecule has 2 amide bonds. The molecule has 1 atom stereocenters. The molecule has 1 N–H and O–H groups in total. The number of rotatable bonds is 3. The number of carbonyl (C=O) groups excluding carboxylic acids is 1. The van der Waals surface area contributed by atoms with Crippen LogP contribution in [0.25, 0.3) is 0 Å². The van der Waals surface area contributed by atoms with Crippen LogP contribution in [0, 0.1) is 17.0 Å². The first-order chi connectivity index (χ1) is 12.0. The van der Waals surface area contributed by atoms with Crippen LogP contribution in [0.5, 0.6) is 0 Å². The van der Waals surface area contributed by atoms with Gasteiger partial charge in [-0.1, -0.05) is 12.8 Å². The van der Waals surface area contributed by atoms with Gasteiger partial charge in [0.15, 0.2) is 0 Å². The van der Waals surface area contributed by atoms with E-state index in [9.17, 15) is 14.9 Å². The molecule has 7 nitrogen and oxygen atoms in total. The molecular formula is C18H21N3O4. The number of amides is 2. The van der Waals surface area contributed by atoms with E-state index in [1.807, 2.05) is 19.1 Å². The summed E-state index contributed by atoms with van der Waals surface area (Å²) in [6.07, 6.45) is 3.94. The number of furan rings is 1. The van der Waals surface area contributed by atoms with Gasteiger partial charge < -0.3 is 14.6 Å². The van der Waals surface area contributed by atoms with Crippen molar-refractivity contribution in [1.29, 1.82) is 0 Å². The number of hydrogen-bond donors (Lipinski definition) is 1. The molecule has 0 bridgehead atoms. The standard InChI is InChI=1S/C18H21N3O4/c1-13-6-11-17(25-13)16-5-3-2-4-12-20(16)18(22)19-14-7-9-15(10-8-14)21(23)24/h6-11,16H,2-5,12H2,1H3,(H,19,22)/t16-/m1/s1. The zero-order valence-electron chi connectivity index (χ0n) is 14.1. The number of nitrogens with zero attached hydrogens (tertiary/aromatic N) is 2. The Morgan fingerprint density at radius 1 is 1.20 bits per heavy atom. The fourth-order valence-corrected chi connectivity index (χ4v) is 3.14. The van der Waals surface area contributed by atoms with Gasteiger partial charge in [-0.3, -0.25) is 10.1 Å². The summed E-state index contributed by atoms with van der Waals surface area (Å²) in [6.45, 7) is 2.55. The van der Waals surface area contributed by atoms with Crippen molar-refractivity contribution in [3.05, 3.63) is 58.0 Å². The minimum Gasteiger partial charge on any atom is -0.464 e. The number of nitro benzene ring substituents is 1. The highest BCUT2D eigenvalue weighted by atomic mass is 16.6. The second kappa shape index (κ2) is 7.38. The molecule has 1 aliphatic heterocycles.